The van der Waals surface area contributed by atoms with Crippen LogP contribution in [0.2, 0.25) is 5.02 Å². The van der Waals surface area contributed by atoms with Crippen molar-refractivity contribution in [3.05, 3.63) is 50.2 Å². The molecule has 0 aliphatic carbocycles. The molecule has 1 heterocycles. The molecule has 1 N–H and O–H groups in total. The molecule has 0 aliphatic rings. The maximum Gasteiger partial charge on any atom is 0.347 e. The number of benzene rings is 1. The molecule has 0 saturated heterocycles. The second-order valence-corrected chi connectivity index (χ2v) is 6.69. The van der Waals surface area contributed by atoms with Gasteiger partial charge in [-0.05, 0) is 30.0 Å². The van der Waals surface area contributed by atoms with E-state index >= 15 is 0 Å². The van der Waals surface area contributed by atoms with Gasteiger partial charge < -0.3 is 5.11 Å². The third-order valence-corrected chi connectivity index (χ3v) is 4.33. The Morgan fingerprint density at radius 2 is 2.19 bits per heavy atom. The van der Waals surface area contributed by atoms with Crippen molar-refractivity contribution in [1.29, 1.82) is 0 Å². The van der Waals surface area contributed by atoms with Crippen molar-refractivity contribution in [3.8, 4) is 0 Å². The smallest absolute Gasteiger partial charge is 0.347 e. The second-order valence-electron chi connectivity index (χ2n) is 5.20. The van der Waals surface area contributed by atoms with Gasteiger partial charge in [-0.25, -0.2) is 14.2 Å². The molecule has 0 saturated carbocycles. The fourth-order valence-corrected chi connectivity index (χ4v) is 3.18. The van der Waals surface area contributed by atoms with Gasteiger partial charge in [-0.3, -0.25) is 0 Å². The van der Waals surface area contributed by atoms with Gasteiger partial charge in [0.2, 0.25) is 0 Å². The molecular formula is C15H15ClFNO2S. The number of aromatic nitrogens is 1. The van der Waals surface area contributed by atoms with Gasteiger partial charge in [0.15, 0.2) is 0 Å². The molecule has 0 aliphatic heterocycles. The average Bonchev–Trinajstić information content (AvgIpc) is 2.75. The summed E-state index contributed by atoms with van der Waals surface area (Å²) in [7, 11) is 0. The largest absolute Gasteiger partial charge is 0.477 e. The first kappa shape index (κ1) is 15.9. The van der Waals surface area contributed by atoms with Crippen LogP contribution >= 0.6 is 22.9 Å². The van der Waals surface area contributed by atoms with Gasteiger partial charge in [0, 0.05) is 11.4 Å². The van der Waals surface area contributed by atoms with E-state index in [1.54, 1.807) is 6.07 Å². The monoisotopic (exact) mass is 327 g/mol. The minimum Gasteiger partial charge on any atom is -0.477 e. The van der Waals surface area contributed by atoms with Crippen LogP contribution in [-0.2, 0) is 12.8 Å². The fourth-order valence-electron chi connectivity index (χ4n) is 2.00. The zero-order chi connectivity index (χ0) is 15.6. The molecule has 6 heteroatoms. The number of thiazole rings is 1. The van der Waals surface area contributed by atoms with Crippen LogP contribution in [0.25, 0.3) is 0 Å². The predicted octanol–water partition coefficient (Wildman–Crippen LogP) is 4.42. The molecule has 0 amide bonds. The highest BCUT2D eigenvalue weighted by molar-refractivity contribution is 7.13. The Bertz CT molecular complexity index is 670. The summed E-state index contributed by atoms with van der Waals surface area (Å²) >= 11 is 7.15. The summed E-state index contributed by atoms with van der Waals surface area (Å²) in [5, 5.41) is 10.2. The average molecular weight is 328 g/mol. The topological polar surface area (TPSA) is 50.2 Å². The van der Waals surface area contributed by atoms with Gasteiger partial charge in [-0.2, -0.15) is 0 Å². The molecule has 0 radical (unpaired) electrons. The van der Waals surface area contributed by atoms with E-state index in [1.807, 2.05) is 13.8 Å². The molecule has 0 spiro atoms. The summed E-state index contributed by atoms with van der Waals surface area (Å²) < 4.78 is 13.0. The SMILES string of the molecule is CC(C)Cc1nc(Cc2ccc(F)cc2Cl)sc1C(=O)O. The van der Waals surface area contributed by atoms with Gasteiger partial charge in [0.25, 0.3) is 0 Å². The third-order valence-electron chi connectivity index (χ3n) is 2.89. The minimum absolute atomic E-state index is 0.275. The van der Waals surface area contributed by atoms with E-state index in [9.17, 15) is 14.3 Å². The third kappa shape index (κ3) is 4.02. The lowest BCUT2D eigenvalue weighted by Crippen LogP contribution is -2.02. The zero-order valence-electron chi connectivity index (χ0n) is 11.7. The fraction of sp³-hybridized carbons (Fsp3) is 0.333. The lowest BCUT2D eigenvalue weighted by Gasteiger charge is -2.02. The molecule has 0 fully saturated rings. The Morgan fingerprint density at radius 1 is 1.48 bits per heavy atom. The maximum atomic E-state index is 13.0. The van der Waals surface area contributed by atoms with Gasteiger partial charge >= 0.3 is 5.97 Å². The van der Waals surface area contributed by atoms with Gasteiger partial charge in [0.05, 0.1) is 10.7 Å². The van der Waals surface area contributed by atoms with E-state index in [4.69, 9.17) is 11.6 Å². The van der Waals surface area contributed by atoms with E-state index < -0.39 is 11.8 Å². The number of hydrogen-bond acceptors (Lipinski definition) is 3. The van der Waals surface area contributed by atoms with E-state index in [0.717, 1.165) is 16.9 Å². The number of hydrogen-bond donors (Lipinski definition) is 1. The minimum atomic E-state index is -0.959. The summed E-state index contributed by atoms with van der Waals surface area (Å²) in [5.41, 5.74) is 1.34. The number of nitrogens with zero attached hydrogens (tertiary/aromatic N) is 1. The molecule has 0 bridgehead atoms. The molecule has 1 aromatic carbocycles. The van der Waals surface area contributed by atoms with Gasteiger partial charge in [-0.1, -0.05) is 31.5 Å². The Morgan fingerprint density at radius 3 is 2.76 bits per heavy atom. The van der Waals surface area contributed by atoms with Gasteiger partial charge in [0.1, 0.15) is 10.7 Å². The summed E-state index contributed by atoms with van der Waals surface area (Å²) in [6, 6.07) is 4.18. The molecule has 2 rings (SSSR count). The highest BCUT2D eigenvalue weighted by Gasteiger charge is 2.18. The van der Waals surface area contributed by atoms with Crippen LogP contribution in [-0.4, -0.2) is 16.1 Å². The molecule has 21 heavy (non-hydrogen) atoms. The highest BCUT2D eigenvalue weighted by atomic mass is 35.5. The lowest BCUT2D eigenvalue weighted by molar-refractivity contribution is 0.0700. The van der Waals surface area contributed by atoms with Crippen molar-refractivity contribution in [2.75, 3.05) is 0 Å². The molecule has 2 aromatic rings. The van der Waals surface area contributed by atoms with Crippen molar-refractivity contribution >= 4 is 28.9 Å². The predicted molar refractivity (Wildman–Crippen MR) is 81.8 cm³/mol. The first-order valence-corrected chi connectivity index (χ1v) is 7.72. The second kappa shape index (κ2) is 6.54. The summed E-state index contributed by atoms with van der Waals surface area (Å²) in [6.07, 6.45) is 1.03. The number of carboxylic acid groups (broad SMARTS) is 1. The van der Waals surface area contributed by atoms with Crippen molar-refractivity contribution in [2.24, 2.45) is 5.92 Å². The van der Waals surface area contributed by atoms with Crippen molar-refractivity contribution < 1.29 is 14.3 Å². The molecule has 3 nitrogen and oxygen atoms in total. The van der Waals surface area contributed by atoms with Crippen LogP contribution in [0.15, 0.2) is 18.2 Å². The molecular weight excluding hydrogens is 313 g/mol. The van der Waals surface area contributed by atoms with Crippen LogP contribution < -0.4 is 0 Å². The summed E-state index contributed by atoms with van der Waals surface area (Å²) in [6.45, 7) is 4.03. The number of halogens is 2. The number of carbonyl (C=O) groups is 1. The van der Waals surface area contributed by atoms with Crippen molar-refractivity contribution in [1.82, 2.24) is 4.98 Å². The van der Waals surface area contributed by atoms with Crippen LogP contribution in [0, 0.1) is 11.7 Å². The number of rotatable bonds is 5. The maximum absolute atomic E-state index is 13.0. The Labute approximate surface area is 131 Å². The van der Waals surface area contributed by atoms with Crippen LogP contribution in [0.1, 0.15) is 39.8 Å². The van der Waals surface area contributed by atoms with Crippen molar-refractivity contribution in [2.45, 2.75) is 26.7 Å². The molecule has 112 valence electrons. The summed E-state index contributed by atoms with van der Waals surface area (Å²) in [4.78, 5) is 16.0. The Kier molecular flexibility index (Phi) is 4.96. The molecule has 1 aromatic heterocycles. The first-order valence-electron chi connectivity index (χ1n) is 6.52. The van der Waals surface area contributed by atoms with Gasteiger partial charge in [-0.15, -0.1) is 11.3 Å². The normalized spacial score (nSPS) is 11.1. The molecule has 0 atom stereocenters. The first-order chi connectivity index (χ1) is 9.86. The Hall–Kier alpha value is -1.46. The van der Waals surface area contributed by atoms with Crippen molar-refractivity contribution in [3.63, 3.8) is 0 Å². The highest BCUT2D eigenvalue weighted by Crippen LogP contribution is 2.26. The van der Waals surface area contributed by atoms with E-state index in [0.29, 0.717) is 34.5 Å². The number of aromatic carboxylic acids is 1. The van der Waals surface area contributed by atoms with E-state index in [1.165, 1.54) is 12.1 Å². The van der Waals surface area contributed by atoms with E-state index in [-0.39, 0.29) is 4.88 Å². The summed E-state index contributed by atoms with van der Waals surface area (Å²) in [5.74, 6) is -1.03. The molecule has 0 unspecified atom stereocenters. The zero-order valence-corrected chi connectivity index (χ0v) is 13.3. The Balaban J connectivity index is 2.30. The number of carboxylic acids is 1. The lowest BCUT2D eigenvalue weighted by atomic mass is 10.1. The van der Waals surface area contributed by atoms with Crippen LogP contribution in [0.4, 0.5) is 4.39 Å². The standard InChI is InChI=1S/C15H15ClFNO2S/c1-8(2)5-12-14(15(19)20)21-13(18-12)6-9-3-4-10(17)7-11(9)16/h3-4,7-8H,5-6H2,1-2H3,(H,19,20). The quantitative estimate of drug-likeness (QED) is 0.884. The van der Waals surface area contributed by atoms with Crippen LogP contribution in [0.5, 0.6) is 0 Å². The van der Waals surface area contributed by atoms with E-state index in [2.05, 4.69) is 4.98 Å². The van der Waals surface area contributed by atoms with Crippen LogP contribution in [0.3, 0.4) is 0 Å².